The first-order valence-corrected chi connectivity index (χ1v) is 13.4. The lowest BCUT2D eigenvalue weighted by Crippen LogP contribution is -2.65. The van der Waals surface area contributed by atoms with Crippen molar-refractivity contribution in [2.75, 3.05) is 12.8 Å². The molecule has 2 aliphatic heterocycles. The zero-order valence-corrected chi connectivity index (χ0v) is 20.4. The van der Waals surface area contributed by atoms with Crippen molar-refractivity contribution < 1.29 is 29.6 Å². The molecule has 32 heavy (non-hydrogen) atoms. The minimum atomic E-state index is -1.39. The van der Waals surface area contributed by atoms with Crippen LogP contribution in [-0.4, -0.2) is 87.1 Å². The van der Waals surface area contributed by atoms with Crippen LogP contribution in [0.1, 0.15) is 51.9 Å². The molecule has 1 aliphatic carbocycles. The van der Waals surface area contributed by atoms with E-state index in [4.69, 9.17) is 16.3 Å². The van der Waals surface area contributed by atoms with Gasteiger partial charge in [-0.15, -0.1) is 23.4 Å². The van der Waals surface area contributed by atoms with Crippen LogP contribution in [0.3, 0.4) is 0 Å². The number of carbonyl (C=O) groups excluding carboxylic acids is 2. The van der Waals surface area contributed by atoms with Crippen molar-refractivity contribution in [2.24, 2.45) is 11.8 Å². The summed E-state index contributed by atoms with van der Waals surface area (Å²) in [5.74, 6) is 1.21. The summed E-state index contributed by atoms with van der Waals surface area (Å²) in [6, 6.07) is -1.11. The topological polar surface area (TPSA) is 128 Å². The smallest absolute Gasteiger partial charge is 0.237 e. The van der Waals surface area contributed by atoms with Gasteiger partial charge in [-0.3, -0.25) is 9.59 Å². The minimum Gasteiger partial charge on any atom is -0.388 e. The lowest BCUT2D eigenvalue weighted by Gasteiger charge is -2.44. The Hall–Kier alpha value is -0.420. The van der Waals surface area contributed by atoms with E-state index in [2.05, 4.69) is 10.6 Å². The number of ketones is 1. The molecule has 184 valence electrons. The first-order chi connectivity index (χ1) is 15.2. The number of thioether (sulfide) groups is 1. The van der Waals surface area contributed by atoms with Crippen molar-refractivity contribution in [2.45, 2.75) is 99.2 Å². The molecule has 2 heterocycles. The number of amides is 1. The Kier molecular flexibility index (Phi) is 9.67. The Labute approximate surface area is 199 Å². The summed E-state index contributed by atoms with van der Waals surface area (Å²) in [6.45, 7) is 2.44. The molecule has 0 aromatic heterocycles. The van der Waals surface area contributed by atoms with Gasteiger partial charge < -0.3 is 30.7 Å². The third kappa shape index (κ3) is 6.17. The molecule has 1 saturated carbocycles. The summed E-state index contributed by atoms with van der Waals surface area (Å²) in [6.07, 6.45) is 2.66. The van der Waals surface area contributed by atoms with Crippen LogP contribution in [0.2, 0.25) is 0 Å². The van der Waals surface area contributed by atoms with Gasteiger partial charge in [0.05, 0.1) is 17.5 Å². The second-order valence-corrected chi connectivity index (χ2v) is 11.0. The summed E-state index contributed by atoms with van der Waals surface area (Å²) >= 11 is 7.59. The molecule has 5 N–H and O–H groups in total. The van der Waals surface area contributed by atoms with E-state index in [1.54, 1.807) is 13.2 Å². The van der Waals surface area contributed by atoms with Crippen LogP contribution in [0.25, 0.3) is 0 Å². The number of nitrogens with one attached hydrogen (secondary N) is 2. The lowest BCUT2D eigenvalue weighted by atomic mass is 9.76. The van der Waals surface area contributed by atoms with Gasteiger partial charge in [-0.25, -0.2) is 0 Å². The van der Waals surface area contributed by atoms with Crippen LogP contribution < -0.4 is 10.6 Å². The molecule has 0 bridgehead atoms. The largest absolute Gasteiger partial charge is 0.388 e. The number of alkyl halides is 1. The molecule has 9 atom stereocenters. The first kappa shape index (κ1) is 26.2. The predicted octanol–water partition coefficient (Wildman–Crippen LogP) is 0.787. The van der Waals surface area contributed by atoms with Crippen molar-refractivity contribution in [1.82, 2.24) is 10.6 Å². The Morgan fingerprint density at radius 3 is 2.38 bits per heavy atom. The van der Waals surface area contributed by atoms with Crippen molar-refractivity contribution in [3.63, 3.8) is 0 Å². The number of rotatable bonds is 6. The van der Waals surface area contributed by atoms with Gasteiger partial charge in [0.2, 0.25) is 5.91 Å². The number of aliphatic hydroxyl groups excluding tert-OH is 3. The number of ether oxygens (including phenoxy) is 1. The van der Waals surface area contributed by atoms with Gasteiger partial charge in [-0.1, -0.05) is 0 Å². The van der Waals surface area contributed by atoms with Crippen molar-refractivity contribution in [1.29, 1.82) is 0 Å². The van der Waals surface area contributed by atoms with E-state index in [0.717, 1.165) is 32.2 Å². The molecule has 0 spiro atoms. The summed E-state index contributed by atoms with van der Waals surface area (Å²) in [5, 5.41) is 36.6. The van der Waals surface area contributed by atoms with Gasteiger partial charge in [-0.05, 0) is 63.7 Å². The van der Waals surface area contributed by atoms with Crippen molar-refractivity contribution in [3.8, 4) is 0 Å². The van der Waals surface area contributed by atoms with Crippen LogP contribution in [0.15, 0.2) is 0 Å². The van der Waals surface area contributed by atoms with Crippen molar-refractivity contribution in [3.05, 3.63) is 0 Å². The van der Waals surface area contributed by atoms with Crippen LogP contribution >= 0.6 is 23.4 Å². The number of hydrogen-bond donors (Lipinski definition) is 5. The molecule has 10 heteroatoms. The van der Waals surface area contributed by atoms with E-state index < -0.39 is 41.3 Å². The third-order valence-electron chi connectivity index (χ3n) is 7.30. The normalized spacial score (nSPS) is 39.2. The number of carbonyl (C=O) groups is 2. The van der Waals surface area contributed by atoms with Gasteiger partial charge in [0.1, 0.15) is 35.6 Å². The second-order valence-electron chi connectivity index (χ2n) is 9.40. The molecule has 0 radical (unpaired) electrons. The fourth-order valence-corrected chi connectivity index (χ4v) is 6.17. The Balaban J connectivity index is 1.60. The fourth-order valence-electron chi connectivity index (χ4n) is 5.29. The van der Waals surface area contributed by atoms with Gasteiger partial charge >= 0.3 is 0 Å². The molecular weight excluding hydrogens is 456 g/mol. The Morgan fingerprint density at radius 2 is 1.75 bits per heavy atom. The maximum atomic E-state index is 13.1. The summed E-state index contributed by atoms with van der Waals surface area (Å²) in [4.78, 5) is 24.7. The van der Waals surface area contributed by atoms with Crippen molar-refractivity contribution >= 4 is 35.1 Å². The highest BCUT2D eigenvalue weighted by atomic mass is 35.5. The molecule has 3 fully saturated rings. The molecule has 1 amide bonds. The molecular formula is C22H37ClN2O6S. The summed E-state index contributed by atoms with van der Waals surface area (Å²) in [5.41, 5.74) is -0.729. The summed E-state index contributed by atoms with van der Waals surface area (Å²) in [7, 11) is 0. The Bertz CT molecular complexity index is 644. The SMILES string of the molecule is CSC1O[C@H]([C@H](NC(=O)C2CC[C@H](C3CCC(=O)CC3)CCN2)[C@H](C)Cl)C(O)C(O)[C@H]1O. The van der Waals surface area contributed by atoms with Crippen LogP contribution in [-0.2, 0) is 14.3 Å². The van der Waals surface area contributed by atoms with Gasteiger partial charge in [0.25, 0.3) is 0 Å². The Morgan fingerprint density at radius 1 is 1.09 bits per heavy atom. The molecule has 3 rings (SSSR count). The number of Topliss-reactive ketones (excluding diaryl/α,β-unsaturated/α-hetero) is 1. The van der Waals surface area contributed by atoms with E-state index >= 15 is 0 Å². The first-order valence-electron chi connectivity index (χ1n) is 11.6. The van der Waals surface area contributed by atoms with E-state index in [0.29, 0.717) is 36.9 Å². The predicted molar refractivity (Wildman–Crippen MR) is 124 cm³/mol. The van der Waals surface area contributed by atoms with E-state index in [1.165, 1.54) is 11.8 Å². The lowest BCUT2D eigenvalue weighted by molar-refractivity contribution is -0.205. The van der Waals surface area contributed by atoms with E-state index in [9.17, 15) is 24.9 Å². The zero-order valence-electron chi connectivity index (χ0n) is 18.8. The average molecular weight is 493 g/mol. The quantitative estimate of drug-likeness (QED) is 0.344. The molecule has 2 saturated heterocycles. The molecule has 4 unspecified atom stereocenters. The second kappa shape index (κ2) is 11.8. The maximum absolute atomic E-state index is 13.1. The molecule has 0 aromatic rings. The van der Waals surface area contributed by atoms with Gasteiger partial charge in [-0.2, -0.15) is 0 Å². The van der Waals surface area contributed by atoms with E-state index in [1.807, 2.05) is 0 Å². The third-order valence-corrected chi connectivity index (χ3v) is 8.43. The standard InChI is InChI=1S/C22H37ClN2O6S/c1-11(23)16(20-18(28)17(27)19(29)22(31-20)32-2)25-21(30)15-8-5-13(9-10-24-15)12-3-6-14(26)7-4-12/h11-13,15-20,22,24,27-29H,3-10H2,1-2H3,(H,25,30)/t11-,13-,15?,16+,17?,18?,19+,20+,22?/m0/s1. The molecule has 3 aliphatic rings. The zero-order chi connectivity index (χ0) is 23.4. The highest BCUT2D eigenvalue weighted by Crippen LogP contribution is 2.35. The summed E-state index contributed by atoms with van der Waals surface area (Å²) < 4.78 is 5.83. The highest BCUT2D eigenvalue weighted by Gasteiger charge is 2.48. The average Bonchev–Trinajstić information content (AvgIpc) is 3.03. The van der Waals surface area contributed by atoms with E-state index in [-0.39, 0.29) is 11.9 Å². The number of aliphatic hydroxyl groups is 3. The number of halogens is 1. The van der Waals surface area contributed by atoms with Crippen LogP contribution in [0.4, 0.5) is 0 Å². The highest BCUT2D eigenvalue weighted by molar-refractivity contribution is 7.99. The molecule has 8 nitrogen and oxygen atoms in total. The van der Waals surface area contributed by atoms with Gasteiger partial charge in [0.15, 0.2) is 0 Å². The van der Waals surface area contributed by atoms with Crippen LogP contribution in [0.5, 0.6) is 0 Å². The molecule has 0 aromatic carbocycles. The minimum absolute atomic E-state index is 0.209. The maximum Gasteiger partial charge on any atom is 0.237 e. The van der Waals surface area contributed by atoms with Gasteiger partial charge in [0, 0.05) is 12.8 Å². The fraction of sp³-hybridized carbons (Fsp3) is 0.909. The number of hydrogen-bond acceptors (Lipinski definition) is 8. The monoisotopic (exact) mass is 492 g/mol. The van der Waals surface area contributed by atoms with Crippen LogP contribution in [0, 0.1) is 11.8 Å².